The van der Waals surface area contributed by atoms with Crippen molar-refractivity contribution in [3.8, 4) is 11.6 Å². The van der Waals surface area contributed by atoms with Gasteiger partial charge in [0.1, 0.15) is 17.5 Å². The van der Waals surface area contributed by atoms with Crippen molar-refractivity contribution in [1.29, 1.82) is 0 Å². The molecule has 0 saturated heterocycles. The van der Waals surface area contributed by atoms with Crippen LogP contribution in [0.4, 0.5) is 11.6 Å². The summed E-state index contributed by atoms with van der Waals surface area (Å²) in [6.45, 7) is 4.12. The third-order valence-corrected chi connectivity index (χ3v) is 5.54. The molecule has 0 aliphatic carbocycles. The van der Waals surface area contributed by atoms with Gasteiger partial charge in [-0.1, -0.05) is 15.9 Å². The monoisotopic (exact) mass is 477 g/mol. The molecule has 0 amide bonds. The van der Waals surface area contributed by atoms with Gasteiger partial charge in [0.05, 0.1) is 17.2 Å². The van der Waals surface area contributed by atoms with Crippen LogP contribution in [-0.4, -0.2) is 29.3 Å². The second-order valence-corrected chi connectivity index (χ2v) is 8.39. The Hall–Kier alpha value is -3.46. The molecule has 0 atom stereocenters. The van der Waals surface area contributed by atoms with Crippen LogP contribution in [0.3, 0.4) is 0 Å². The van der Waals surface area contributed by atoms with Gasteiger partial charge < -0.3 is 14.6 Å². The Kier molecular flexibility index (Phi) is 4.82. The summed E-state index contributed by atoms with van der Waals surface area (Å²) in [5, 5.41) is 8.54. The number of hydrogen-bond donors (Lipinski definition) is 1. The normalized spacial score (nSPS) is 11.5. The maximum absolute atomic E-state index is 6.09. The molecular weight excluding hydrogens is 458 g/mol. The van der Waals surface area contributed by atoms with Crippen LogP contribution >= 0.6 is 15.9 Å². The summed E-state index contributed by atoms with van der Waals surface area (Å²) >= 11 is 3.46. The van der Waals surface area contributed by atoms with Crippen molar-refractivity contribution < 1.29 is 4.74 Å². The van der Waals surface area contributed by atoms with Crippen LogP contribution in [-0.2, 0) is 7.05 Å². The third kappa shape index (κ3) is 3.61. The lowest BCUT2D eigenvalue weighted by Gasteiger charge is -2.08. The Morgan fingerprint density at radius 1 is 1.06 bits per heavy atom. The van der Waals surface area contributed by atoms with Crippen LogP contribution in [0.2, 0.25) is 0 Å². The average molecular weight is 478 g/mol. The lowest BCUT2D eigenvalue weighted by Crippen LogP contribution is -2.03. The highest BCUT2D eigenvalue weighted by Crippen LogP contribution is 2.30. The summed E-state index contributed by atoms with van der Waals surface area (Å²) < 4.78 is 11.0. The molecule has 3 aromatic heterocycles. The lowest BCUT2D eigenvalue weighted by molar-refractivity contribution is 0.468. The quantitative estimate of drug-likeness (QED) is 0.355. The molecule has 0 fully saturated rings. The Morgan fingerprint density at radius 2 is 1.87 bits per heavy atom. The lowest BCUT2D eigenvalue weighted by atomic mass is 10.3. The van der Waals surface area contributed by atoms with E-state index in [9.17, 15) is 0 Å². The molecule has 0 unspecified atom stereocenters. The molecule has 0 aliphatic rings. The molecule has 0 radical (unpaired) electrons. The highest BCUT2D eigenvalue weighted by molar-refractivity contribution is 9.10. The van der Waals surface area contributed by atoms with Crippen molar-refractivity contribution in [2.45, 2.75) is 19.9 Å². The summed E-state index contributed by atoms with van der Waals surface area (Å²) in [5.74, 6) is 1.87. The van der Waals surface area contributed by atoms with Gasteiger partial charge in [0.15, 0.2) is 5.65 Å². The van der Waals surface area contributed by atoms with Gasteiger partial charge in [-0.25, -0.2) is 19.6 Å². The zero-order valence-corrected chi connectivity index (χ0v) is 18.8. The van der Waals surface area contributed by atoms with Gasteiger partial charge >= 0.3 is 0 Å². The number of benzene rings is 2. The Balaban J connectivity index is 1.46. The average Bonchev–Trinajstić information content (AvgIpc) is 3.32. The smallest absolute Gasteiger partial charge is 0.233 e. The molecule has 3 heterocycles. The number of ether oxygens (including phenoxy) is 1. The third-order valence-electron chi connectivity index (χ3n) is 5.01. The molecule has 5 aromatic rings. The fourth-order valence-corrected chi connectivity index (χ4v) is 3.69. The maximum Gasteiger partial charge on any atom is 0.233 e. The number of nitrogens with zero attached hydrogens (tertiary/aromatic N) is 6. The van der Waals surface area contributed by atoms with E-state index in [4.69, 9.17) is 9.72 Å². The Bertz CT molecular complexity index is 1390. The highest BCUT2D eigenvalue weighted by Gasteiger charge is 2.14. The number of anilines is 2. The first-order chi connectivity index (χ1) is 15.0. The standard InChI is InChI=1S/C22H20BrN7O/c1-13(2)30-20-17(11-26-30)21(25-12-24-20)31-16-8-9-19-18(10-16)28-22(29(19)3)27-15-6-4-14(23)5-7-15/h4-13H,1-3H3,(H,27,28). The van der Waals surface area contributed by atoms with Gasteiger partial charge in [0, 0.05) is 29.3 Å². The number of fused-ring (bicyclic) bond motifs is 2. The van der Waals surface area contributed by atoms with E-state index in [0.29, 0.717) is 11.6 Å². The molecule has 0 saturated carbocycles. The van der Waals surface area contributed by atoms with E-state index in [0.717, 1.165) is 38.2 Å². The topological polar surface area (TPSA) is 82.7 Å². The largest absolute Gasteiger partial charge is 0.438 e. The minimum Gasteiger partial charge on any atom is -0.438 e. The van der Waals surface area contributed by atoms with Crippen LogP contribution in [0.1, 0.15) is 19.9 Å². The van der Waals surface area contributed by atoms with E-state index in [1.807, 2.05) is 58.8 Å². The van der Waals surface area contributed by atoms with E-state index < -0.39 is 0 Å². The molecule has 31 heavy (non-hydrogen) atoms. The number of nitrogens with one attached hydrogen (secondary N) is 1. The molecular formula is C22H20BrN7O. The first kappa shape index (κ1) is 19.5. The van der Waals surface area contributed by atoms with Crippen molar-refractivity contribution in [2.24, 2.45) is 7.05 Å². The minimum absolute atomic E-state index is 0.196. The summed E-state index contributed by atoms with van der Waals surface area (Å²) in [7, 11) is 1.98. The summed E-state index contributed by atoms with van der Waals surface area (Å²) in [6.07, 6.45) is 3.24. The van der Waals surface area contributed by atoms with E-state index in [1.54, 1.807) is 6.20 Å². The molecule has 1 N–H and O–H groups in total. The molecule has 5 rings (SSSR count). The van der Waals surface area contributed by atoms with Crippen molar-refractivity contribution in [3.05, 3.63) is 59.5 Å². The SMILES string of the molecule is CC(C)n1ncc2c(Oc3ccc4c(c3)nc(Nc3ccc(Br)cc3)n4C)ncnc21. The van der Waals surface area contributed by atoms with Crippen LogP contribution in [0.15, 0.2) is 59.5 Å². The highest BCUT2D eigenvalue weighted by atomic mass is 79.9. The van der Waals surface area contributed by atoms with Crippen molar-refractivity contribution in [1.82, 2.24) is 29.3 Å². The minimum atomic E-state index is 0.196. The first-order valence-electron chi connectivity index (χ1n) is 9.85. The van der Waals surface area contributed by atoms with E-state index >= 15 is 0 Å². The Morgan fingerprint density at radius 3 is 2.65 bits per heavy atom. The predicted molar refractivity (Wildman–Crippen MR) is 124 cm³/mol. The van der Waals surface area contributed by atoms with Crippen LogP contribution in [0.5, 0.6) is 11.6 Å². The molecule has 0 aliphatic heterocycles. The van der Waals surface area contributed by atoms with Gasteiger partial charge in [-0.3, -0.25) is 0 Å². The first-order valence-corrected chi connectivity index (χ1v) is 10.6. The second-order valence-electron chi connectivity index (χ2n) is 7.48. The predicted octanol–water partition coefficient (Wildman–Crippen LogP) is 5.59. The van der Waals surface area contributed by atoms with Crippen LogP contribution < -0.4 is 10.1 Å². The number of rotatable bonds is 5. The summed E-state index contributed by atoms with van der Waals surface area (Å²) in [5.41, 5.74) is 3.53. The van der Waals surface area contributed by atoms with Crippen LogP contribution in [0, 0.1) is 0 Å². The van der Waals surface area contributed by atoms with Gasteiger partial charge in [0.2, 0.25) is 11.8 Å². The molecule has 156 valence electrons. The van der Waals surface area contributed by atoms with Crippen molar-refractivity contribution >= 4 is 49.6 Å². The zero-order valence-electron chi connectivity index (χ0n) is 17.2. The molecule has 8 nitrogen and oxygen atoms in total. The summed E-state index contributed by atoms with van der Waals surface area (Å²) in [4.78, 5) is 13.4. The van der Waals surface area contributed by atoms with Gasteiger partial charge in [-0.15, -0.1) is 0 Å². The van der Waals surface area contributed by atoms with Gasteiger partial charge in [0.25, 0.3) is 0 Å². The fourth-order valence-electron chi connectivity index (χ4n) is 3.43. The molecule has 2 aromatic carbocycles. The molecule has 0 spiro atoms. The van der Waals surface area contributed by atoms with Gasteiger partial charge in [-0.05, 0) is 50.2 Å². The van der Waals surface area contributed by atoms with Crippen molar-refractivity contribution in [3.63, 3.8) is 0 Å². The van der Waals surface area contributed by atoms with Crippen molar-refractivity contribution in [2.75, 3.05) is 5.32 Å². The van der Waals surface area contributed by atoms with E-state index in [2.05, 4.69) is 50.2 Å². The number of halogens is 1. The number of hydrogen-bond acceptors (Lipinski definition) is 6. The number of aromatic nitrogens is 6. The number of aryl methyl sites for hydroxylation is 1. The summed E-state index contributed by atoms with van der Waals surface area (Å²) in [6, 6.07) is 14.0. The van der Waals surface area contributed by atoms with Gasteiger partial charge in [-0.2, -0.15) is 5.10 Å². The van der Waals surface area contributed by atoms with E-state index in [-0.39, 0.29) is 6.04 Å². The van der Waals surface area contributed by atoms with E-state index in [1.165, 1.54) is 6.33 Å². The second kappa shape index (κ2) is 7.66. The zero-order chi connectivity index (χ0) is 21.5. The van der Waals surface area contributed by atoms with Crippen LogP contribution in [0.25, 0.3) is 22.1 Å². The Labute approximate surface area is 187 Å². The molecule has 9 heteroatoms. The molecule has 0 bridgehead atoms. The fraction of sp³-hybridized carbons (Fsp3) is 0.182. The maximum atomic E-state index is 6.09. The number of imidazole rings is 1.